The summed E-state index contributed by atoms with van der Waals surface area (Å²) in [4.78, 5) is 14.2. The first-order valence-electron chi connectivity index (χ1n) is 15.7. The van der Waals surface area contributed by atoms with E-state index in [0.29, 0.717) is 28.7 Å². The molecule has 0 saturated carbocycles. The van der Waals surface area contributed by atoms with E-state index in [1.807, 2.05) is 60.7 Å². The molecule has 0 spiro atoms. The van der Waals surface area contributed by atoms with E-state index in [9.17, 15) is 0 Å². The van der Waals surface area contributed by atoms with Gasteiger partial charge in [0.05, 0.1) is 22.0 Å². The summed E-state index contributed by atoms with van der Waals surface area (Å²) in [5.41, 5.74) is 2.86. The van der Waals surface area contributed by atoms with Crippen LogP contribution in [-0.2, 0) is 0 Å². The smallest absolute Gasteiger partial charge is 0.164 e. The van der Waals surface area contributed by atoms with E-state index >= 15 is 0 Å². The van der Waals surface area contributed by atoms with E-state index in [0.717, 1.165) is 11.1 Å². The maximum Gasteiger partial charge on any atom is 0.164 e. The molecule has 0 aliphatic rings. The highest BCUT2D eigenvalue weighted by Crippen LogP contribution is 2.32. The van der Waals surface area contributed by atoms with Gasteiger partial charge >= 0.3 is 0 Å². The number of aromatic nitrogens is 4. The van der Waals surface area contributed by atoms with Crippen molar-refractivity contribution in [3.8, 4) is 39.9 Å². The number of fused-ring (bicyclic) bond motifs is 3. The van der Waals surface area contributed by atoms with Crippen LogP contribution in [0, 0.1) is 0 Å². The fourth-order valence-corrected chi connectivity index (χ4v) is 4.38. The molecule has 0 saturated heterocycles. The van der Waals surface area contributed by atoms with Crippen molar-refractivity contribution in [3.63, 3.8) is 0 Å². The van der Waals surface area contributed by atoms with E-state index < -0.39 is 24.2 Å². The lowest BCUT2D eigenvalue weighted by molar-refractivity contribution is 1.07. The average Bonchev–Trinajstić information content (AvgIpc) is 3.45. The fraction of sp³-hybridized carbons (Fsp3) is 0. The Kier molecular flexibility index (Phi) is 3.46. The van der Waals surface area contributed by atoms with Crippen LogP contribution >= 0.6 is 0 Å². The van der Waals surface area contributed by atoms with Crippen LogP contribution in [0.5, 0.6) is 0 Å². The van der Waals surface area contributed by atoms with Crippen molar-refractivity contribution in [1.82, 2.24) is 19.5 Å². The molecule has 174 valence electrons. The summed E-state index contributed by atoms with van der Waals surface area (Å²) in [7, 11) is 0. The zero-order valence-corrected chi connectivity index (χ0v) is 19.4. The van der Waals surface area contributed by atoms with Gasteiger partial charge in [-0.15, -0.1) is 0 Å². The van der Waals surface area contributed by atoms with Gasteiger partial charge in [0.15, 0.2) is 17.5 Å². The standard InChI is InChI=1S/C33H22N4/c1-3-11-23(12-4-1)31-34-32(24-13-5-2-6-14-24)36-33(35-31)25-19-21-26(22-20-25)37-29-17-9-7-15-27(29)28-16-8-10-18-30(28)37/h1-22H/i7D,8D,9D,10D,15D,16D,17D,18D. The van der Waals surface area contributed by atoms with Gasteiger partial charge in [-0.2, -0.15) is 0 Å². The molecule has 37 heavy (non-hydrogen) atoms. The Morgan fingerprint density at radius 1 is 0.459 bits per heavy atom. The van der Waals surface area contributed by atoms with Crippen molar-refractivity contribution in [2.45, 2.75) is 0 Å². The van der Waals surface area contributed by atoms with E-state index in [2.05, 4.69) is 0 Å². The molecule has 0 radical (unpaired) electrons. The van der Waals surface area contributed by atoms with Gasteiger partial charge in [0.2, 0.25) is 0 Å². The summed E-state index contributed by atoms with van der Waals surface area (Å²) in [5.74, 6) is 1.41. The van der Waals surface area contributed by atoms with Crippen molar-refractivity contribution >= 4 is 21.8 Å². The SMILES string of the molecule is [2H]c1c([2H])c([2H])c2c(c1[2H])c1c([2H])c([2H])c([2H])c([2H])c1n2-c1ccc(-c2nc(-c3ccccc3)nc(-c3ccccc3)n2)cc1. The zero-order chi connectivity index (χ0) is 31.6. The van der Waals surface area contributed by atoms with E-state index in [1.54, 1.807) is 24.3 Å². The number of nitrogens with zero attached hydrogens (tertiary/aromatic N) is 4. The molecule has 0 fully saturated rings. The fourth-order valence-electron chi connectivity index (χ4n) is 4.38. The summed E-state index contributed by atoms with van der Waals surface area (Å²) in [6, 6.07) is 22.8. The summed E-state index contributed by atoms with van der Waals surface area (Å²) in [5, 5.41) is 0.0640. The first-order valence-corrected chi connectivity index (χ1v) is 11.7. The Labute approximate surface area is 225 Å². The average molecular weight is 483 g/mol. The van der Waals surface area contributed by atoms with Crippen LogP contribution in [0.1, 0.15) is 11.0 Å². The van der Waals surface area contributed by atoms with Gasteiger partial charge in [0, 0.05) is 33.2 Å². The molecule has 4 nitrogen and oxygen atoms in total. The second-order valence-corrected chi connectivity index (χ2v) is 8.37. The molecule has 7 rings (SSSR count). The van der Waals surface area contributed by atoms with Gasteiger partial charge in [-0.3, -0.25) is 0 Å². The van der Waals surface area contributed by atoms with Gasteiger partial charge < -0.3 is 4.57 Å². The van der Waals surface area contributed by atoms with Crippen molar-refractivity contribution in [3.05, 3.63) is 133 Å². The maximum atomic E-state index is 8.73. The first kappa shape index (κ1) is 14.5. The van der Waals surface area contributed by atoms with Crippen LogP contribution in [-0.4, -0.2) is 19.5 Å². The van der Waals surface area contributed by atoms with Gasteiger partial charge in [0.1, 0.15) is 0 Å². The molecule has 2 aromatic heterocycles. The molecular formula is C33H22N4. The summed E-state index contributed by atoms with van der Waals surface area (Å²) < 4.78 is 69.3. The van der Waals surface area contributed by atoms with Gasteiger partial charge in [0.25, 0.3) is 0 Å². The number of benzene rings is 5. The lowest BCUT2D eigenvalue weighted by Crippen LogP contribution is -2.00. The Balaban J connectivity index is 1.47. The lowest BCUT2D eigenvalue weighted by Gasteiger charge is -2.10. The number of hydrogen-bond donors (Lipinski definition) is 0. The highest BCUT2D eigenvalue weighted by atomic mass is 15.0. The van der Waals surface area contributed by atoms with Gasteiger partial charge in [-0.25, -0.2) is 15.0 Å². The minimum absolute atomic E-state index is 0.0320. The Hall–Kier alpha value is -5.09. The highest BCUT2D eigenvalue weighted by Gasteiger charge is 2.14. The third-order valence-corrected chi connectivity index (χ3v) is 6.12. The third kappa shape index (κ3) is 3.76. The molecule has 4 heteroatoms. The van der Waals surface area contributed by atoms with Crippen LogP contribution in [0.25, 0.3) is 61.7 Å². The minimum atomic E-state index is -0.479. The molecule has 0 unspecified atom stereocenters. The predicted octanol–water partition coefficient (Wildman–Crippen LogP) is 7.97. The van der Waals surface area contributed by atoms with Crippen LogP contribution in [0.3, 0.4) is 0 Å². The van der Waals surface area contributed by atoms with Crippen molar-refractivity contribution < 1.29 is 11.0 Å². The summed E-state index contributed by atoms with van der Waals surface area (Å²) in [6.45, 7) is 0. The van der Waals surface area contributed by atoms with Gasteiger partial charge in [-0.1, -0.05) is 96.9 Å². The molecule has 0 aliphatic heterocycles. The Bertz CT molecular complexity index is 2150. The molecule has 7 aromatic rings. The molecular weight excluding hydrogens is 452 g/mol. The van der Waals surface area contributed by atoms with Crippen molar-refractivity contribution in [2.24, 2.45) is 0 Å². The van der Waals surface area contributed by atoms with Gasteiger partial charge in [-0.05, 0) is 36.4 Å². The number of rotatable bonds is 4. The second kappa shape index (κ2) is 8.85. The minimum Gasteiger partial charge on any atom is -0.309 e. The predicted molar refractivity (Wildman–Crippen MR) is 150 cm³/mol. The normalized spacial score (nSPS) is 14.3. The van der Waals surface area contributed by atoms with Crippen molar-refractivity contribution in [1.29, 1.82) is 0 Å². The topological polar surface area (TPSA) is 43.6 Å². The Morgan fingerprint density at radius 2 is 0.865 bits per heavy atom. The molecule has 0 bridgehead atoms. The maximum absolute atomic E-state index is 8.73. The van der Waals surface area contributed by atoms with E-state index in [1.165, 1.54) is 4.57 Å². The van der Waals surface area contributed by atoms with Crippen LogP contribution < -0.4 is 0 Å². The van der Waals surface area contributed by atoms with Crippen LogP contribution in [0.2, 0.25) is 0 Å². The molecule has 0 aliphatic carbocycles. The van der Waals surface area contributed by atoms with E-state index in [-0.39, 0.29) is 46.0 Å². The lowest BCUT2D eigenvalue weighted by atomic mass is 10.1. The molecule has 0 amide bonds. The Morgan fingerprint density at radius 3 is 1.32 bits per heavy atom. The number of para-hydroxylation sites is 2. The van der Waals surface area contributed by atoms with E-state index in [4.69, 9.17) is 25.9 Å². The molecule has 5 aromatic carbocycles. The monoisotopic (exact) mass is 482 g/mol. The molecule has 0 atom stereocenters. The van der Waals surface area contributed by atoms with Crippen LogP contribution in [0.15, 0.2) is 133 Å². The highest BCUT2D eigenvalue weighted by molar-refractivity contribution is 6.09. The molecule has 0 N–H and O–H groups in total. The summed E-state index contributed by atoms with van der Waals surface area (Å²) >= 11 is 0. The first-order chi connectivity index (χ1) is 21.7. The summed E-state index contributed by atoms with van der Waals surface area (Å²) in [6.07, 6.45) is 0. The largest absolute Gasteiger partial charge is 0.309 e. The van der Waals surface area contributed by atoms with Crippen molar-refractivity contribution in [2.75, 3.05) is 0 Å². The second-order valence-electron chi connectivity index (χ2n) is 8.37. The third-order valence-electron chi connectivity index (χ3n) is 6.12. The quantitative estimate of drug-likeness (QED) is 0.255. The molecule has 2 heterocycles. The number of hydrogen-bond acceptors (Lipinski definition) is 3. The van der Waals surface area contributed by atoms with Crippen LogP contribution in [0.4, 0.5) is 0 Å². The zero-order valence-electron chi connectivity index (χ0n) is 27.4.